The van der Waals surface area contributed by atoms with Crippen molar-refractivity contribution in [3.8, 4) is 0 Å². The maximum absolute atomic E-state index is 10.7. The number of carbonyl (C=O) groups is 1. The zero-order valence-electron chi connectivity index (χ0n) is 8.92. The van der Waals surface area contributed by atoms with E-state index < -0.39 is 5.97 Å². The fourth-order valence-corrected chi connectivity index (χ4v) is 1.15. The first kappa shape index (κ1) is 11.6. The third kappa shape index (κ3) is 3.67. The predicted octanol–water partition coefficient (Wildman–Crippen LogP) is -0.0231. The minimum atomic E-state index is -0.782. The Bertz CT molecular complexity index is 299. The van der Waals surface area contributed by atoms with Gasteiger partial charge in [-0.3, -0.25) is 9.48 Å². The normalized spacial score (nSPS) is 14.8. The maximum atomic E-state index is 10.7. The standard InChI is InChI=1S/C9H16N4O2/c1-7(9(14)15)8(2)10-3-5-13-6-4-11-12-13/h4,6-8,10H,3,5H2,1-2H3,(H,14,15). The van der Waals surface area contributed by atoms with Gasteiger partial charge in [-0.25, -0.2) is 0 Å². The van der Waals surface area contributed by atoms with E-state index in [2.05, 4.69) is 15.6 Å². The van der Waals surface area contributed by atoms with Gasteiger partial charge in [-0.1, -0.05) is 12.1 Å². The number of aromatic nitrogens is 3. The lowest BCUT2D eigenvalue weighted by molar-refractivity contribution is -0.141. The molecule has 2 N–H and O–H groups in total. The average Bonchev–Trinajstić information content (AvgIpc) is 2.69. The molecule has 84 valence electrons. The Morgan fingerprint density at radius 1 is 1.60 bits per heavy atom. The number of aliphatic carboxylic acids is 1. The van der Waals surface area contributed by atoms with E-state index in [4.69, 9.17) is 5.11 Å². The summed E-state index contributed by atoms with van der Waals surface area (Å²) in [6.07, 6.45) is 3.39. The molecule has 0 saturated heterocycles. The second-order valence-electron chi connectivity index (χ2n) is 3.54. The molecule has 6 nitrogen and oxygen atoms in total. The van der Waals surface area contributed by atoms with Crippen LogP contribution in [0.3, 0.4) is 0 Å². The number of hydrogen-bond donors (Lipinski definition) is 2. The number of hydrogen-bond acceptors (Lipinski definition) is 4. The van der Waals surface area contributed by atoms with E-state index in [0.29, 0.717) is 13.1 Å². The van der Waals surface area contributed by atoms with Crippen molar-refractivity contribution >= 4 is 5.97 Å². The van der Waals surface area contributed by atoms with Crippen LogP contribution in [-0.2, 0) is 11.3 Å². The van der Waals surface area contributed by atoms with Crippen LogP contribution in [0.5, 0.6) is 0 Å². The van der Waals surface area contributed by atoms with Gasteiger partial charge in [0.05, 0.1) is 18.7 Å². The van der Waals surface area contributed by atoms with Crippen molar-refractivity contribution in [1.29, 1.82) is 0 Å². The predicted molar refractivity (Wildman–Crippen MR) is 54.3 cm³/mol. The van der Waals surface area contributed by atoms with Crippen molar-refractivity contribution in [3.05, 3.63) is 12.4 Å². The van der Waals surface area contributed by atoms with Gasteiger partial charge in [0.1, 0.15) is 0 Å². The Labute approximate surface area is 88.3 Å². The molecule has 0 aliphatic heterocycles. The van der Waals surface area contributed by atoms with Crippen molar-refractivity contribution in [2.45, 2.75) is 26.4 Å². The monoisotopic (exact) mass is 212 g/mol. The molecule has 1 aromatic rings. The second-order valence-corrected chi connectivity index (χ2v) is 3.54. The van der Waals surface area contributed by atoms with Crippen LogP contribution >= 0.6 is 0 Å². The maximum Gasteiger partial charge on any atom is 0.307 e. The molecule has 1 aromatic heterocycles. The Morgan fingerprint density at radius 2 is 2.33 bits per heavy atom. The highest BCUT2D eigenvalue weighted by molar-refractivity contribution is 5.70. The van der Waals surface area contributed by atoms with Gasteiger partial charge in [-0.2, -0.15) is 0 Å². The third-order valence-corrected chi connectivity index (χ3v) is 2.42. The summed E-state index contributed by atoms with van der Waals surface area (Å²) in [6, 6.07) is -0.0500. The molecule has 0 aliphatic rings. The third-order valence-electron chi connectivity index (χ3n) is 2.42. The number of nitrogens with one attached hydrogen (secondary N) is 1. The van der Waals surface area contributed by atoms with Gasteiger partial charge in [0.2, 0.25) is 0 Å². The fourth-order valence-electron chi connectivity index (χ4n) is 1.15. The van der Waals surface area contributed by atoms with Gasteiger partial charge >= 0.3 is 5.97 Å². The molecule has 0 aliphatic carbocycles. The largest absolute Gasteiger partial charge is 0.481 e. The van der Waals surface area contributed by atoms with Crippen LogP contribution in [0.2, 0.25) is 0 Å². The Hall–Kier alpha value is -1.43. The molecule has 6 heteroatoms. The number of rotatable bonds is 6. The molecular formula is C9H16N4O2. The highest BCUT2D eigenvalue weighted by atomic mass is 16.4. The molecule has 2 unspecified atom stereocenters. The van der Waals surface area contributed by atoms with Crippen LogP contribution in [0.15, 0.2) is 12.4 Å². The first-order chi connectivity index (χ1) is 7.11. The Morgan fingerprint density at radius 3 is 2.87 bits per heavy atom. The van der Waals surface area contributed by atoms with E-state index >= 15 is 0 Å². The van der Waals surface area contributed by atoms with Crippen LogP contribution in [0.25, 0.3) is 0 Å². The van der Waals surface area contributed by atoms with E-state index in [0.717, 1.165) is 0 Å². The van der Waals surface area contributed by atoms with Gasteiger partial charge < -0.3 is 10.4 Å². The molecule has 0 spiro atoms. The molecule has 0 radical (unpaired) electrons. The summed E-state index contributed by atoms with van der Waals surface area (Å²) in [6.45, 7) is 4.93. The smallest absolute Gasteiger partial charge is 0.307 e. The fraction of sp³-hybridized carbons (Fsp3) is 0.667. The highest BCUT2D eigenvalue weighted by Crippen LogP contribution is 2.01. The summed E-state index contributed by atoms with van der Waals surface area (Å²) in [5.74, 6) is -1.17. The molecule has 15 heavy (non-hydrogen) atoms. The summed E-state index contributed by atoms with van der Waals surface area (Å²) in [4.78, 5) is 10.7. The van der Waals surface area contributed by atoms with Gasteiger partial charge in [0.25, 0.3) is 0 Å². The summed E-state index contributed by atoms with van der Waals surface area (Å²) in [7, 11) is 0. The summed E-state index contributed by atoms with van der Waals surface area (Å²) in [5.41, 5.74) is 0. The van der Waals surface area contributed by atoms with Crippen LogP contribution in [0, 0.1) is 5.92 Å². The highest BCUT2D eigenvalue weighted by Gasteiger charge is 2.18. The van der Waals surface area contributed by atoms with Gasteiger partial charge in [-0.15, -0.1) is 5.10 Å². The zero-order chi connectivity index (χ0) is 11.3. The molecule has 0 aromatic carbocycles. The summed E-state index contributed by atoms with van der Waals surface area (Å²) in [5, 5.41) is 19.4. The molecule has 2 atom stereocenters. The zero-order valence-corrected chi connectivity index (χ0v) is 8.92. The van der Waals surface area contributed by atoms with Crippen molar-refractivity contribution in [2.75, 3.05) is 6.54 Å². The van der Waals surface area contributed by atoms with Gasteiger partial charge in [0.15, 0.2) is 0 Å². The lowest BCUT2D eigenvalue weighted by atomic mass is 10.0. The van der Waals surface area contributed by atoms with Crippen LogP contribution in [0.1, 0.15) is 13.8 Å². The van der Waals surface area contributed by atoms with Crippen LogP contribution in [0.4, 0.5) is 0 Å². The minimum absolute atomic E-state index is 0.0500. The SMILES string of the molecule is CC(NCCn1ccnn1)C(C)C(=O)O. The van der Waals surface area contributed by atoms with Gasteiger partial charge in [0, 0.05) is 18.8 Å². The van der Waals surface area contributed by atoms with Gasteiger partial charge in [-0.05, 0) is 6.92 Å². The minimum Gasteiger partial charge on any atom is -0.481 e. The number of carboxylic acids is 1. The molecular weight excluding hydrogens is 196 g/mol. The summed E-state index contributed by atoms with van der Waals surface area (Å²) < 4.78 is 1.70. The summed E-state index contributed by atoms with van der Waals surface area (Å²) >= 11 is 0. The second kappa shape index (κ2) is 5.45. The van der Waals surface area contributed by atoms with Crippen molar-refractivity contribution in [2.24, 2.45) is 5.92 Å². The van der Waals surface area contributed by atoms with Crippen molar-refractivity contribution < 1.29 is 9.90 Å². The lowest BCUT2D eigenvalue weighted by Gasteiger charge is -2.17. The van der Waals surface area contributed by atoms with Crippen LogP contribution in [-0.4, -0.2) is 38.7 Å². The molecule has 0 saturated carbocycles. The van der Waals surface area contributed by atoms with E-state index in [9.17, 15) is 4.79 Å². The molecule has 0 bridgehead atoms. The number of nitrogens with zero attached hydrogens (tertiary/aromatic N) is 3. The van der Waals surface area contributed by atoms with Crippen molar-refractivity contribution in [1.82, 2.24) is 20.3 Å². The molecule has 0 fully saturated rings. The molecule has 1 heterocycles. The van der Waals surface area contributed by atoms with E-state index in [1.54, 1.807) is 24.0 Å². The lowest BCUT2D eigenvalue weighted by Crippen LogP contribution is -2.37. The number of carboxylic acid groups (broad SMARTS) is 1. The quantitative estimate of drug-likeness (QED) is 0.692. The topological polar surface area (TPSA) is 80.0 Å². The Balaban J connectivity index is 2.22. The van der Waals surface area contributed by atoms with E-state index in [1.807, 2.05) is 6.92 Å². The van der Waals surface area contributed by atoms with E-state index in [-0.39, 0.29) is 12.0 Å². The van der Waals surface area contributed by atoms with Crippen LogP contribution < -0.4 is 5.32 Å². The average molecular weight is 212 g/mol. The van der Waals surface area contributed by atoms with E-state index in [1.165, 1.54) is 0 Å². The van der Waals surface area contributed by atoms with Crippen molar-refractivity contribution in [3.63, 3.8) is 0 Å². The Kier molecular flexibility index (Phi) is 4.23. The first-order valence-corrected chi connectivity index (χ1v) is 4.91. The first-order valence-electron chi connectivity index (χ1n) is 4.91. The molecule has 0 amide bonds. The molecule has 1 rings (SSSR count).